The molecular formula is C15H17F3N4O3. The number of hydrogen-bond acceptors (Lipinski definition) is 5. The fourth-order valence-corrected chi connectivity index (χ4v) is 1.94. The SMILES string of the molecule is COCCOc1ccc(C(F)(F)F)cc1NC(=O)CCn1cncn1. The van der Waals surface area contributed by atoms with Crippen LogP contribution in [-0.4, -0.2) is 41.0 Å². The van der Waals surface area contributed by atoms with Gasteiger partial charge in [0.15, 0.2) is 0 Å². The Morgan fingerprint density at radius 2 is 2.12 bits per heavy atom. The second kappa shape index (κ2) is 8.47. The molecule has 0 fully saturated rings. The number of carbonyl (C=O) groups excluding carboxylic acids is 1. The number of methoxy groups -OCH3 is 1. The van der Waals surface area contributed by atoms with Crippen LogP contribution in [0, 0.1) is 0 Å². The molecule has 1 N–H and O–H groups in total. The van der Waals surface area contributed by atoms with Gasteiger partial charge in [-0.15, -0.1) is 0 Å². The molecule has 0 unspecified atom stereocenters. The minimum atomic E-state index is -4.52. The topological polar surface area (TPSA) is 78.3 Å². The van der Waals surface area contributed by atoms with Gasteiger partial charge in [-0.2, -0.15) is 18.3 Å². The van der Waals surface area contributed by atoms with E-state index in [0.717, 1.165) is 12.1 Å². The number of benzene rings is 1. The first-order valence-corrected chi connectivity index (χ1v) is 7.35. The third kappa shape index (κ3) is 5.75. The summed E-state index contributed by atoms with van der Waals surface area (Å²) in [6.07, 6.45) is -1.73. The number of anilines is 1. The molecule has 0 spiro atoms. The second-order valence-electron chi connectivity index (χ2n) is 5.01. The molecule has 0 radical (unpaired) electrons. The highest BCUT2D eigenvalue weighted by molar-refractivity contribution is 5.92. The summed E-state index contributed by atoms with van der Waals surface area (Å²) in [6, 6.07) is 2.91. The Morgan fingerprint density at radius 1 is 1.32 bits per heavy atom. The van der Waals surface area contributed by atoms with E-state index >= 15 is 0 Å². The van der Waals surface area contributed by atoms with Crippen LogP contribution in [0.2, 0.25) is 0 Å². The number of aromatic nitrogens is 3. The number of amides is 1. The first-order valence-electron chi connectivity index (χ1n) is 7.35. The molecule has 7 nitrogen and oxygen atoms in total. The summed E-state index contributed by atoms with van der Waals surface area (Å²) >= 11 is 0. The zero-order valence-corrected chi connectivity index (χ0v) is 13.4. The normalized spacial score (nSPS) is 11.4. The summed E-state index contributed by atoms with van der Waals surface area (Å²) < 4.78 is 50.3. The van der Waals surface area contributed by atoms with Crippen LogP contribution in [0.25, 0.3) is 0 Å². The minimum absolute atomic E-state index is 0.0249. The zero-order valence-electron chi connectivity index (χ0n) is 13.4. The van der Waals surface area contributed by atoms with Crippen molar-refractivity contribution < 1.29 is 27.4 Å². The van der Waals surface area contributed by atoms with Crippen molar-refractivity contribution >= 4 is 11.6 Å². The van der Waals surface area contributed by atoms with Crippen molar-refractivity contribution in [2.24, 2.45) is 0 Å². The first-order chi connectivity index (χ1) is 11.9. The van der Waals surface area contributed by atoms with Crippen molar-refractivity contribution in [2.75, 3.05) is 25.6 Å². The maximum absolute atomic E-state index is 12.9. The number of hydrogen-bond donors (Lipinski definition) is 1. The molecule has 1 aromatic carbocycles. The Morgan fingerprint density at radius 3 is 2.76 bits per heavy atom. The number of rotatable bonds is 8. The van der Waals surface area contributed by atoms with E-state index in [9.17, 15) is 18.0 Å². The van der Waals surface area contributed by atoms with Crippen molar-refractivity contribution in [3.8, 4) is 5.75 Å². The Balaban J connectivity index is 2.09. The number of nitrogens with zero attached hydrogens (tertiary/aromatic N) is 3. The van der Waals surface area contributed by atoms with Crippen molar-refractivity contribution in [3.05, 3.63) is 36.4 Å². The molecule has 0 aliphatic heterocycles. The second-order valence-corrected chi connectivity index (χ2v) is 5.01. The average Bonchev–Trinajstić information content (AvgIpc) is 3.07. The molecule has 1 aromatic heterocycles. The molecule has 2 rings (SSSR count). The van der Waals surface area contributed by atoms with E-state index in [4.69, 9.17) is 9.47 Å². The maximum Gasteiger partial charge on any atom is 0.416 e. The number of ether oxygens (including phenoxy) is 2. The third-order valence-electron chi connectivity index (χ3n) is 3.16. The van der Waals surface area contributed by atoms with Crippen LogP contribution in [0.1, 0.15) is 12.0 Å². The lowest BCUT2D eigenvalue weighted by Gasteiger charge is -2.15. The van der Waals surface area contributed by atoms with Gasteiger partial charge in [0.2, 0.25) is 5.91 Å². The van der Waals surface area contributed by atoms with Gasteiger partial charge in [0, 0.05) is 13.5 Å². The summed E-state index contributed by atoms with van der Waals surface area (Å²) in [7, 11) is 1.48. The fraction of sp³-hybridized carbons (Fsp3) is 0.400. The quantitative estimate of drug-likeness (QED) is 0.733. The zero-order chi connectivity index (χ0) is 18.3. The number of halogens is 3. The van der Waals surface area contributed by atoms with Gasteiger partial charge in [-0.3, -0.25) is 9.48 Å². The number of alkyl halides is 3. The number of carbonyl (C=O) groups is 1. The van der Waals surface area contributed by atoms with E-state index in [1.54, 1.807) is 0 Å². The maximum atomic E-state index is 12.9. The lowest BCUT2D eigenvalue weighted by atomic mass is 10.1. The number of nitrogens with one attached hydrogen (secondary N) is 1. The van der Waals surface area contributed by atoms with Gasteiger partial charge >= 0.3 is 6.18 Å². The Labute approximate surface area is 141 Å². The van der Waals surface area contributed by atoms with E-state index in [-0.39, 0.29) is 37.6 Å². The molecule has 10 heteroatoms. The van der Waals surface area contributed by atoms with Gasteiger partial charge in [0.1, 0.15) is 25.0 Å². The summed E-state index contributed by atoms with van der Waals surface area (Å²) in [6.45, 7) is 0.662. The van der Waals surface area contributed by atoms with Crippen LogP contribution in [-0.2, 0) is 22.3 Å². The highest BCUT2D eigenvalue weighted by Crippen LogP contribution is 2.35. The van der Waals surface area contributed by atoms with Crippen LogP contribution in [0.15, 0.2) is 30.9 Å². The predicted octanol–water partition coefficient (Wildman–Crippen LogP) is 2.35. The minimum Gasteiger partial charge on any atom is -0.489 e. The van der Waals surface area contributed by atoms with Gasteiger partial charge < -0.3 is 14.8 Å². The molecule has 0 atom stereocenters. The van der Waals surface area contributed by atoms with E-state index in [0.29, 0.717) is 0 Å². The lowest BCUT2D eigenvalue weighted by Crippen LogP contribution is -2.17. The molecule has 0 saturated carbocycles. The first kappa shape index (κ1) is 18.7. The smallest absolute Gasteiger partial charge is 0.416 e. The fourth-order valence-electron chi connectivity index (χ4n) is 1.94. The largest absolute Gasteiger partial charge is 0.489 e. The van der Waals surface area contributed by atoms with Crippen LogP contribution in [0.4, 0.5) is 18.9 Å². The van der Waals surface area contributed by atoms with Crippen molar-refractivity contribution in [1.29, 1.82) is 0 Å². The molecule has 1 amide bonds. The average molecular weight is 358 g/mol. The molecule has 0 bridgehead atoms. The molecule has 2 aromatic rings. The summed E-state index contributed by atoms with van der Waals surface area (Å²) in [5.74, 6) is -0.328. The van der Waals surface area contributed by atoms with Gasteiger partial charge in [-0.1, -0.05) is 0 Å². The summed E-state index contributed by atoms with van der Waals surface area (Å²) in [5, 5.41) is 6.29. The van der Waals surface area contributed by atoms with Crippen molar-refractivity contribution in [1.82, 2.24) is 14.8 Å². The summed E-state index contributed by atoms with van der Waals surface area (Å²) in [5.41, 5.74) is -0.923. The van der Waals surface area contributed by atoms with Gasteiger partial charge in [-0.25, -0.2) is 4.98 Å². The van der Waals surface area contributed by atoms with Crippen LogP contribution in [0.5, 0.6) is 5.75 Å². The number of aryl methyl sites for hydroxylation is 1. The lowest BCUT2D eigenvalue weighted by molar-refractivity contribution is -0.137. The monoisotopic (exact) mass is 358 g/mol. The Bertz CT molecular complexity index is 690. The molecule has 0 aliphatic rings. The Hall–Kier alpha value is -2.62. The van der Waals surface area contributed by atoms with Gasteiger partial charge in [0.05, 0.1) is 24.4 Å². The third-order valence-corrected chi connectivity index (χ3v) is 3.16. The standard InChI is InChI=1S/C15H17F3N4O3/c1-24-6-7-25-13-3-2-11(15(16,17)18)8-12(13)21-14(23)4-5-22-10-19-9-20-22/h2-3,8-10H,4-7H2,1H3,(H,21,23). The Kier molecular flexibility index (Phi) is 6.34. The molecular weight excluding hydrogens is 341 g/mol. The molecule has 25 heavy (non-hydrogen) atoms. The van der Waals surface area contributed by atoms with Gasteiger partial charge in [0.25, 0.3) is 0 Å². The highest BCUT2D eigenvalue weighted by atomic mass is 19.4. The van der Waals surface area contributed by atoms with Crippen LogP contribution >= 0.6 is 0 Å². The molecule has 1 heterocycles. The van der Waals surface area contributed by atoms with E-state index in [1.807, 2.05) is 0 Å². The van der Waals surface area contributed by atoms with Crippen LogP contribution in [0.3, 0.4) is 0 Å². The van der Waals surface area contributed by atoms with Gasteiger partial charge in [-0.05, 0) is 18.2 Å². The molecule has 0 aliphatic carbocycles. The van der Waals surface area contributed by atoms with Crippen molar-refractivity contribution in [2.45, 2.75) is 19.1 Å². The van der Waals surface area contributed by atoms with Crippen molar-refractivity contribution in [3.63, 3.8) is 0 Å². The van der Waals surface area contributed by atoms with E-state index in [2.05, 4.69) is 15.4 Å². The predicted molar refractivity (Wildman–Crippen MR) is 82.1 cm³/mol. The molecule has 0 saturated heterocycles. The van der Waals surface area contributed by atoms with Crippen LogP contribution < -0.4 is 10.1 Å². The van der Waals surface area contributed by atoms with E-state index in [1.165, 1.54) is 30.5 Å². The highest BCUT2D eigenvalue weighted by Gasteiger charge is 2.31. The molecule has 136 valence electrons. The van der Waals surface area contributed by atoms with E-state index < -0.39 is 17.6 Å². The summed E-state index contributed by atoms with van der Waals surface area (Å²) in [4.78, 5) is 15.8.